The zero-order chi connectivity index (χ0) is 13.7. The highest BCUT2D eigenvalue weighted by molar-refractivity contribution is 6.00. The number of carbonyl (C=O) groups excluding carboxylic acids is 1. The normalized spacial score (nSPS) is 29.7. The first kappa shape index (κ1) is 11.9. The van der Waals surface area contributed by atoms with Crippen LogP contribution < -0.4 is 20.5 Å². The average Bonchev–Trinajstić information content (AvgIpc) is 3.12. The third kappa shape index (κ3) is 1.80. The molecule has 106 valence electrons. The van der Waals surface area contributed by atoms with Gasteiger partial charge in [0.05, 0.1) is 5.56 Å². The molecule has 0 aromatic heterocycles. The molecule has 1 aliphatic heterocycles. The number of benzene rings is 1. The Labute approximate surface area is 117 Å². The minimum Gasteiger partial charge on any atom is -0.454 e. The van der Waals surface area contributed by atoms with Crippen molar-refractivity contribution < 1.29 is 14.3 Å². The van der Waals surface area contributed by atoms with Crippen LogP contribution in [0.25, 0.3) is 0 Å². The number of nitrogens with one attached hydrogen (secondary N) is 1. The molecule has 0 saturated heterocycles. The molecule has 5 heteroatoms. The molecule has 2 fully saturated rings. The van der Waals surface area contributed by atoms with Crippen molar-refractivity contribution in [3.63, 3.8) is 0 Å². The van der Waals surface area contributed by atoms with Gasteiger partial charge in [-0.1, -0.05) is 6.42 Å². The summed E-state index contributed by atoms with van der Waals surface area (Å²) in [7, 11) is 0. The number of fused-ring (bicyclic) bond motifs is 3. The lowest BCUT2D eigenvalue weighted by Crippen LogP contribution is -2.38. The summed E-state index contributed by atoms with van der Waals surface area (Å²) in [6.07, 6.45) is 4.94. The Morgan fingerprint density at radius 3 is 2.70 bits per heavy atom. The molecule has 3 N–H and O–H groups in total. The van der Waals surface area contributed by atoms with Gasteiger partial charge in [-0.15, -0.1) is 0 Å². The Hall–Kier alpha value is -1.91. The van der Waals surface area contributed by atoms with Gasteiger partial charge >= 0.3 is 0 Å². The van der Waals surface area contributed by atoms with Crippen LogP contribution >= 0.6 is 0 Å². The quantitative estimate of drug-likeness (QED) is 0.808. The van der Waals surface area contributed by atoms with Gasteiger partial charge in [0.2, 0.25) is 6.79 Å². The van der Waals surface area contributed by atoms with Gasteiger partial charge in [0.25, 0.3) is 5.91 Å². The second-order valence-electron chi connectivity index (χ2n) is 6.05. The van der Waals surface area contributed by atoms with Crippen molar-refractivity contribution in [1.29, 1.82) is 0 Å². The molecule has 5 nitrogen and oxygen atoms in total. The molecule has 3 aliphatic rings. The maximum absolute atomic E-state index is 12.4. The van der Waals surface area contributed by atoms with E-state index < -0.39 is 0 Å². The first-order valence-corrected chi connectivity index (χ1v) is 7.20. The summed E-state index contributed by atoms with van der Waals surface area (Å²) in [5.74, 6) is 2.56. The molecule has 2 saturated carbocycles. The van der Waals surface area contributed by atoms with Gasteiger partial charge in [-0.3, -0.25) is 4.79 Å². The minimum atomic E-state index is -0.0987. The number of hydrogen-bond donors (Lipinski definition) is 2. The van der Waals surface area contributed by atoms with Crippen molar-refractivity contribution in [2.75, 3.05) is 12.5 Å². The summed E-state index contributed by atoms with van der Waals surface area (Å²) in [4.78, 5) is 12.4. The van der Waals surface area contributed by atoms with Crippen molar-refractivity contribution in [1.82, 2.24) is 5.32 Å². The lowest BCUT2D eigenvalue weighted by molar-refractivity contribution is 0.0923. The molecule has 2 aliphatic carbocycles. The van der Waals surface area contributed by atoms with Crippen LogP contribution in [0, 0.1) is 11.8 Å². The smallest absolute Gasteiger partial charge is 0.253 e. The van der Waals surface area contributed by atoms with Crippen LogP contribution in [0.5, 0.6) is 11.5 Å². The minimum absolute atomic E-state index is 0.0987. The van der Waals surface area contributed by atoms with Crippen LogP contribution in [0.2, 0.25) is 0 Å². The van der Waals surface area contributed by atoms with Gasteiger partial charge < -0.3 is 20.5 Å². The molecule has 1 aromatic rings. The average molecular weight is 274 g/mol. The Morgan fingerprint density at radius 1 is 1.20 bits per heavy atom. The van der Waals surface area contributed by atoms with E-state index in [2.05, 4.69) is 5.32 Å². The van der Waals surface area contributed by atoms with E-state index in [1.165, 1.54) is 19.3 Å². The Balaban J connectivity index is 1.54. The molecule has 3 atom stereocenters. The molecule has 0 spiro atoms. The molecule has 1 aromatic carbocycles. The molecular formula is C15H18N2O3. The number of carbonyl (C=O) groups is 1. The fraction of sp³-hybridized carbons (Fsp3) is 0.533. The standard InChI is InChI=1S/C15H18N2O3/c16-11-6-14-13(19-7-20-14)5-10(11)15(18)17-12-4-8-1-2-9(12)3-8/h5-6,8-9,12H,1-4,7,16H2,(H,17,18). The fourth-order valence-corrected chi connectivity index (χ4v) is 3.82. The van der Waals surface area contributed by atoms with Crippen LogP contribution in [0.4, 0.5) is 5.69 Å². The third-order valence-electron chi connectivity index (χ3n) is 4.84. The van der Waals surface area contributed by atoms with Crippen LogP contribution in [0.3, 0.4) is 0 Å². The maximum atomic E-state index is 12.4. The SMILES string of the molecule is Nc1cc2c(cc1C(=O)NC1CC3CCC1C3)OCO2. The van der Waals surface area contributed by atoms with Crippen LogP contribution in [-0.4, -0.2) is 18.7 Å². The number of amides is 1. The number of nitrogens with two attached hydrogens (primary N) is 1. The van der Waals surface area contributed by atoms with Crippen LogP contribution in [0.15, 0.2) is 12.1 Å². The highest BCUT2D eigenvalue weighted by atomic mass is 16.7. The number of hydrogen-bond acceptors (Lipinski definition) is 4. The summed E-state index contributed by atoms with van der Waals surface area (Å²) < 4.78 is 10.6. The Morgan fingerprint density at radius 2 is 2.00 bits per heavy atom. The van der Waals surface area contributed by atoms with Crippen molar-refractivity contribution in [2.45, 2.75) is 31.7 Å². The van der Waals surface area contributed by atoms with Crippen molar-refractivity contribution in [3.05, 3.63) is 17.7 Å². The topological polar surface area (TPSA) is 73.6 Å². The summed E-state index contributed by atoms with van der Waals surface area (Å²) in [5, 5.41) is 3.14. The van der Waals surface area contributed by atoms with Gasteiger partial charge in [-0.05, 0) is 37.2 Å². The maximum Gasteiger partial charge on any atom is 0.253 e. The van der Waals surface area contributed by atoms with Gasteiger partial charge in [-0.2, -0.15) is 0 Å². The van der Waals surface area contributed by atoms with E-state index in [0.29, 0.717) is 34.7 Å². The number of ether oxygens (including phenoxy) is 2. The van der Waals surface area contributed by atoms with Crippen LogP contribution in [-0.2, 0) is 0 Å². The predicted octanol–water partition coefficient (Wildman–Crippen LogP) is 1.92. The molecule has 0 radical (unpaired) electrons. The van der Waals surface area contributed by atoms with Crippen molar-refractivity contribution in [3.8, 4) is 11.5 Å². The van der Waals surface area contributed by atoms with Gasteiger partial charge in [-0.25, -0.2) is 0 Å². The molecule has 1 heterocycles. The molecule has 3 unspecified atom stereocenters. The van der Waals surface area contributed by atoms with E-state index >= 15 is 0 Å². The zero-order valence-corrected chi connectivity index (χ0v) is 11.2. The van der Waals surface area contributed by atoms with Gasteiger partial charge in [0, 0.05) is 17.8 Å². The highest BCUT2D eigenvalue weighted by Gasteiger charge is 2.40. The van der Waals surface area contributed by atoms with E-state index in [1.54, 1.807) is 12.1 Å². The summed E-state index contributed by atoms with van der Waals surface area (Å²) in [6.45, 7) is 0.187. The van der Waals surface area contributed by atoms with Crippen molar-refractivity contribution in [2.24, 2.45) is 11.8 Å². The first-order valence-electron chi connectivity index (χ1n) is 7.20. The molecule has 4 rings (SSSR count). The second-order valence-corrected chi connectivity index (χ2v) is 6.05. The monoisotopic (exact) mass is 274 g/mol. The predicted molar refractivity (Wildman–Crippen MR) is 73.7 cm³/mol. The fourth-order valence-electron chi connectivity index (χ4n) is 3.82. The van der Waals surface area contributed by atoms with E-state index in [-0.39, 0.29) is 12.7 Å². The largest absolute Gasteiger partial charge is 0.454 e. The number of anilines is 1. The highest BCUT2D eigenvalue weighted by Crippen LogP contribution is 2.44. The molecule has 1 amide bonds. The summed E-state index contributed by atoms with van der Waals surface area (Å²) in [5.41, 5.74) is 6.87. The van der Waals surface area contributed by atoms with E-state index in [4.69, 9.17) is 15.2 Å². The molecular weight excluding hydrogens is 256 g/mol. The van der Waals surface area contributed by atoms with Gasteiger partial charge in [0.1, 0.15) is 0 Å². The van der Waals surface area contributed by atoms with E-state index in [0.717, 1.165) is 12.3 Å². The summed E-state index contributed by atoms with van der Waals surface area (Å²) >= 11 is 0. The lowest BCUT2D eigenvalue weighted by atomic mass is 9.95. The third-order valence-corrected chi connectivity index (χ3v) is 4.84. The second kappa shape index (κ2) is 4.30. The molecule has 2 bridgehead atoms. The summed E-state index contributed by atoms with van der Waals surface area (Å²) in [6, 6.07) is 3.66. The Bertz CT molecular complexity index is 572. The lowest BCUT2D eigenvalue weighted by Gasteiger charge is -2.23. The Kier molecular flexibility index (Phi) is 2.55. The van der Waals surface area contributed by atoms with Crippen LogP contribution in [0.1, 0.15) is 36.0 Å². The molecule has 20 heavy (non-hydrogen) atoms. The first-order chi connectivity index (χ1) is 9.70. The number of nitrogen functional groups attached to an aromatic ring is 1. The number of rotatable bonds is 2. The van der Waals surface area contributed by atoms with Gasteiger partial charge in [0.15, 0.2) is 11.5 Å². The zero-order valence-electron chi connectivity index (χ0n) is 11.2. The van der Waals surface area contributed by atoms with E-state index in [1.807, 2.05) is 0 Å². The van der Waals surface area contributed by atoms with E-state index in [9.17, 15) is 4.79 Å². The van der Waals surface area contributed by atoms with Crippen molar-refractivity contribution >= 4 is 11.6 Å².